The number of carbonyl (C=O) groups excluding carboxylic acids is 3. The first-order valence-electron chi connectivity index (χ1n) is 10.3. The molecule has 7 heteroatoms. The van der Waals surface area contributed by atoms with Crippen LogP contribution in [0, 0.1) is 17.2 Å². The largest absolute Gasteiger partial charge is 0.451 e. The van der Waals surface area contributed by atoms with Crippen LogP contribution in [0.15, 0.2) is 42.5 Å². The number of nitrogens with zero attached hydrogens (tertiary/aromatic N) is 2. The standard InChI is InChI=1S/C24H29N3O4/c1-16(2)22(24(30)31-17(3)23(29)27(4)14-8-13-25)26-21(28)15-19-11-7-10-18-9-5-6-12-20(18)19/h5-7,9-12,16-17,22H,8,14-15H2,1-4H3,(H,26,28)/t17-,22+/m1/s1. The minimum absolute atomic E-state index is 0.128. The molecule has 0 aliphatic carbocycles. The fourth-order valence-corrected chi connectivity index (χ4v) is 3.28. The van der Waals surface area contributed by atoms with Gasteiger partial charge in [-0.15, -0.1) is 0 Å². The molecule has 0 saturated heterocycles. The highest BCUT2D eigenvalue weighted by Gasteiger charge is 2.30. The van der Waals surface area contributed by atoms with Crippen molar-refractivity contribution in [1.29, 1.82) is 5.26 Å². The zero-order valence-electron chi connectivity index (χ0n) is 18.4. The van der Waals surface area contributed by atoms with E-state index in [0.717, 1.165) is 16.3 Å². The van der Waals surface area contributed by atoms with Crippen molar-refractivity contribution in [3.05, 3.63) is 48.0 Å². The zero-order chi connectivity index (χ0) is 23.0. The third-order valence-electron chi connectivity index (χ3n) is 5.04. The topological polar surface area (TPSA) is 99.5 Å². The smallest absolute Gasteiger partial charge is 0.329 e. The monoisotopic (exact) mass is 423 g/mol. The highest BCUT2D eigenvalue weighted by atomic mass is 16.5. The van der Waals surface area contributed by atoms with E-state index in [9.17, 15) is 14.4 Å². The Bertz CT molecular complexity index is 975. The maximum Gasteiger partial charge on any atom is 0.329 e. The molecule has 2 rings (SSSR count). The second-order valence-corrected chi connectivity index (χ2v) is 7.85. The third-order valence-corrected chi connectivity index (χ3v) is 5.04. The minimum atomic E-state index is -1.01. The van der Waals surface area contributed by atoms with Crippen molar-refractivity contribution in [2.24, 2.45) is 5.92 Å². The van der Waals surface area contributed by atoms with Crippen LogP contribution in [0.4, 0.5) is 0 Å². The molecule has 0 bridgehead atoms. The molecular formula is C24H29N3O4. The van der Waals surface area contributed by atoms with E-state index < -0.39 is 24.0 Å². The summed E-state index contributed by atoms with van der Waals surface area (Å²) in [6.07, 6.45) is -0.683. The van der Waals surface area contributed by atoms with E-state index in [-0.39, 0.29) is 31.2 Å². The Labute approximate surface area is 183 Å². The molecule has 0 unspecified atom stereocenters. The lowest BCUT2D eigenvalue weighted by Gasteiger charge is -2.25. The van der Waals surface area contributed by atoms with Crippen LogP contribution >= 0.6 is 0 Å². The average Bonchev–Trinajstić information content (AvgIpc) is 2.75. The lowest BCUT2D eigenvalue weighted by atomic mass is 10.0. The Morgan fingerprint density at radius 3 is 2.45 bits per heavy atom. The van der Waals surface area contributed by atoms with Crippen LogP contribution in [0.1, 0.15) is 32.8 Å². The van der Waals surface area contributed by atoms with Gasteiger partial charge in [-0.25, -0.2) is 4.79 Å². The summed E-state index contributed by atoms with van der Waals surface area (Å²) >= 11 is 0. The van der Waals surface area contributed by atoms with Gasteiger partial charge in [-0.2, -0.15) is 5.26 Å². The molecule has 164 valence electrons. The molecule has 0 radical (unpaired) electrons. The molecule has 0 spiro atoms. The number of benzene rings is 2. The molecule has 0 aliphatic heterocycles. The summed E-state index contributed by atoms with van der Waals surface area (Å²) in [7, 11) is 1.55. The van der Waals surface area contributed by atoms with Gasteiger partial charge in [0.2, 0.25) is 5.91 Å². The number of ether oxygens (including phenoxy) is 1. The van der Waals surface area contributed by atoms with Gasteiger partial charge in [0.15, 0.2) is 6.10 Å². The zero-order valence-corrected chi connectivity index (χ0v) is 18.4. The Balaban J connectivity index is 2.03. The van der Waals surface area contributed by atoms with Gasteiger partial charge in [0.1, 0.15) is 6.04 Å². The number of esters is 1. The highest BCUT2D eigenvalue weighted by Crippen LogP contribution is 2.19. The van der Waals surface area contributed by atoms with E-state index in [2.05, 4.69) is 5.32 Å². The molecule has 2 atom stereocenters. The number of hydrogen-bond acceptors (Lipinski definition) is 5. The summed E-state index contributed by atoms with van der Waals surface area (Å²) < 4.78 is 5.33. The predicted molar refractivity (Wildman–Crippen MR) is 118 cm³/mol. The Morgan fingerprint density at radius 2 is 1.77 bits per heavy atom. The van der Waals surface area contributed by atoms with Crippen LogP contribution in [0.5, 0.6) is 0 Å². The molecule has 0 heterocycles. The van der Waals surface area contributed by atoms with Crippen molar-refractivity contribution in [3.63, 3.8) is 0 Å². The van der Waals surface area contributed by atoms with Crippen molar-refractivity contribution >= 4 is 28.6 Å². The van der Waals surface area contributed by atoms with Gasteiger partial charge < -0.3 is 15.0 Å². The van der Waals surface area contributed by atoms with Gasteiger partial charge in [0.05, 0.1) is 18.9 Å². The Hall–Kier alpha value is -3.40. The summed E-state index contributed by atoms with van der Waals surface area (Å²) in [5.74, 6) is -1.57. The molecular weight excluding hydrogens is 394 g/mol. The number of nitriles is 1. The van der Waals surface area contributed by atoms with Crippen LogP contribution in [0.25, 0.3) is 10.8 Å². The molecule has 7 nitrogen and oxygen atoms in total. The molecule has 2 amide bonds. The first-order chi connectivity index (χ1) is 14.7. The second kappa shape index (κ2) is 11.1. The predicted octanol–water partition coefficient (Wildman–Crippen LogP) is 2.83. The van der Waals surface area contributed by atoms with Crippen LogP contribution < -0.4 is 5.32 Å². The quantitative estimate of drug-likeness (QED) is 0.625. The first kappa shape index (κ1) is 23.9. The number of hydrogen-bond donors (Lipinski definition) is 1. The van der Waals surface area contributed by atoms with E-state index in [1.165, 1.54) is 11.8 Å². The van der Waals surface area contributed by atoms with Gasteiger partial charge in [-0.3, -0.25) is 9.59 Å². The van der Waals surface area contributed by atoms with Gasteiger partial charge in [-0.05, 0) is 29.2 Å². The van der Waals surface area contributed by atoms with Crippen LogP contribution in [-0.4, -0.2) is 48.4 Å². The van der Waals surface area contributed by atoms with E-state index in [1.807, 2.05) is 48.5 Å². The molecule has 0 aromatic heterocycles. The summed E-state index contributed by atoms with van der Waals surface area (Å²) in [6, 6.07) is 14.7. The summed E-state index contributed by atoms with van der Waals surface area (Å²) in [4.78, 5) is 39.0. The fourth-order valence-electron chi connectivity index (χ4n) is 3.28. The number of nitrogens with one attached hydrogen (secondary N) is 1. The van der Waals surface area contributed by atoms with Crippen molar-refractivity contribution in [3.8, 4) is 6.07 Å². The number of carbonyl (C=O) groups is 3. The SMILES string of the molecule is CC(C)[C@H](NC(=O)Cc1cccc2ccccc12)C(=O)O[C@H](C)C(=O)N(C)CCC#N. The molecule has 0 saturated carbocycles. The minimum Gasteiger partial charge on any atom is -0.451 e. The van der Waals surface area contributed by atoms with Gasteiger partial charge in [0.25, 0.3) is 5.91 Å². The number of amides is 2. The first-order valence-corrected chi connectivity index (χ1v) is 10.3. The van der Waals surface area contributed by atoms with Gasteiger partial charge in [0, 0.05) is 13.6 Å². The van der Waals surface area contributed by atoms with Crippen molar-refractivity contribution in [2.75, 3.05) is 13.6 Å². The molecule has 0 fully saturated rings. The van der Waals surface area contributed by atoms with Crippen LogP contribution in [0.3, 0.4) is 0 Å². The highest BCUT2D eigenvalue weighted by molar-refractivity contribution is 5.92. The summed E-state index contributed by atoms with van der Waals surface area (Å²) in [5, 5.41) is 13.4. The molecule has 0 aliphatic rings. The molecule has 2 aromatic carbocycles. The maximum absolute atomic E-state index is 12.7. The number of likely N-dealkylation sites (N-methyl/N-ethyl adjacent to an activating group) is 1. The molecule has 2 aromatic rings. The van der Waals surface area contributed by atoms with Crippen molar-refractivity contribution in [1.82, 2.24) is 10.2 Å². The lowest BCUT2D eigenvalue weighted by molar-refractivity contribution is -0.161. The van der Waals surface area contributed by atoms with Crippen LogP contribution in [0.2, 0.25) is 0 Å². The van der Waals surface area contributed by atoms with Crippen molar-refractivity contribution < 1.29 is 19.1 Å². The lowest BCUT2D eigenvalue weighted by Crippen LogP contribution is -2.48. The second-order valence-electron chi connectivity index (χ2n) is 7.85. The van der Waals surface area contributed by atoms with E-state index >= 15 is 0 Å². The van der Waals surface area contributed by atoms with E-state index in [4.69, 9.17) is 10.00 Å². The Morgan fingerprint density at radius 1 is 1.10 bits per heavy atom. The van der Waals surface area contributed by atoms with Crippen molar-refractivity contribution in [2.45, 2.75) is 45.8 Å². The number of rotatable bonds is 9. The maximum atomic E-state index is 12.7. The third kappa shape index (κ3) is 6.54. The average molecular weight is 424 g/mol. The normalized spacial score (nSPS) is 12.6. The molecule has 31 heavy (non-hydrogen) atoms. The fraction of sp³-hybridized carbons (Fsp3) is 0.417. The van der Waals surface area contributed by atoms with E-state index in [1.54, 1.807) is 20.9 Å². The summed E-state index contributed by atoms with van der Waals surface area (Å²) in [5.41, 5.74) is 0.870. The van der Waals surface area contributed by atoms with E-state index in [0.29, 0.717) is 0 Å². The Kier molecular flexibility index (Phi) is 8.56. The van der Waals surface area contributed by atoms with Crippen LogP contribution in [-0.2, 0) is 25.5 Å². The number of fused-ring (bicyclic) bond motifs is 1. The van der Waals surface area contributed by atoms with Gasteiger partial charge >= 0.3 is 5.97 Å². The van der Waals surface area contributed by atoms with Gasteiger partial charge in [-0.1, -0.05) is 56.3 Å². The molecule has 1 N–H and O–H groups in total. The summed E-state index contributed by atoms with van der Waals surface area (Å²) in [6.45, 7) is 5.34.